The van der Waals surface area contributed by atoms with Crippen molar-refractivity contribution in [1.82, 2.24) is 4.90 Å². The van der Waals surface area contributed by atoms with Crippen LogP contribution in [0.5, 0.6) is 0 Å². The predicted octanol–water partition coefficient (Wildman–Crippen LogP) is 0.852. The first-order valence-corrected chi connectivity index (χ1v) is 2.79. The highest BCUT2D eigenvalue weighted by molar-refractivity contribution is 4.68. The lowest BCUT2D eigenvalue weighted by Crippen LogP contribution is -2.12. The van der Waals surface area contributed by atoms with Gasteiger partial charge in [0.25, 0.3) is 0 Å². The van der Waals surface area contributed by atoms with E-state index in [0.717, 1.165) is 13.0 Å². The first-order chi connectivity index (χ1) is 3.77. The Morgan fingerprint density at radius 2 is 2.12 bits per heavy atom. The fourth-order valence-electron chi connectivity index (χ4n) is 0.474. The summed E-state index contributed by atoms with van der Waals surface area (Å²) in [5.41, 5.74) is 0. The summed E-state index contributed by atoms with van der Waals surface area (Å²) in [4.78, 5) is 2.08. The van der Waals surface area contributed by atoms with Crippen LogP contribution >= 0.6 is 0 Å². The molecule has 0 heterocycles. The summed E-state index contributed by atoms with van der Waals surface area (Å²) in [5, 5.41) is 8.11. The SMILES string of the molecule is CN(C)CCC[13C]#N. The number of unbranched alkanes of at least 4 members (excludes halogenated alkanes) is 1. The Hall–Kier alpha value is -0.550. The van der Waals surface area contributed by atoms with Crippen molar-refractivity contribution >= 4 is 0 Å². The molecule has 0 aromatic carbocycles. The molecule has 0 saturated heterocycles. The van der Waals surface area contributed by atoms with E-state index in [1.807, 2.05) is 14.1 Å². The summed E-state index contributed by atoms with van der Waals surface area (Å²) in [6.45, 7) is 1.02. The fourth-order valence-corrected chi connectivity index (χ4v) is 0.474. The van der Waals surface area contributed by atoms with Crippen molar-refractivity contribution in [3.8, 4) is 6.07 Å². The second-order valence-corrected chi connectivity index (χ2v) is 2.06. The van der Waals surface area contributed by atoms with Gasteiger partial charge in [-0.3, -0.25) is 0 Å². The van der Waals surface area contributed by atoms with E-state index in [4.69, 9.17) is 5.26 Å². The molecule has 0 rings (SSSR count). The Labute approximate surface area is 50.7 Å². The minimum Gasteiger partial charge on any atom is -0.309 e. The topological polar surface area (TPSA) is 27.0 Å². The molecule has 0 fully saturated rings. The van der Waals surface area contributed by atoms with Gasteiger partial charge in [-0.25, -0.2) is 0 Å². The molecule has 0 amide bonds. The summed E-state index contributed by atoms with van der Waals surface area (Å²) in [6, 6.07) is 2.10. The van der Waals surface area contributed by atoms with E-state index in [0.29, 0.717) is 6.42 Å². The maximum Gasteiger partial charge on any atom is 0.0622 e. The molecule has 46 valence electrons. The van der Waals surface area contributed by atoms with Crippen LogP contribution in [-0.4, -0.2) is 25.5 Å². The average Bonchev–Trinajstić information content (AvgIpc) is 1.66. The lowest BCUT2D eigenvalue weighted by molar-refractivity contribution is 0.402. The zero-order chi connectivity index (χ0) is 6.41. The molecule has 0 aromatic heterocycles. The average molecular weight is 113 g/mol. The summed E-state index contributed by atoms with van der Waals surface area (Å²) in [7, 11) is 4.02. The lowest BCUT2D eigenvalue weighted by atomic mass is 10.4. The highest BCUT2D eigenvalue weighted by Crippen LogP contribution is 1.86. The first-order valence-electron chi connectivity index (χ1n) is 2.79. The molecule has 0 saturated carbocycles. The number of rotatable bonds is 3. The maximum absolute atomic E-state index is 8.11. The molecular weight excluding hydrogens is 101 g/mol. The molecular formula is C6H12N2. The van der Waals surface area contributed by atoms with E-state index >= 15 is 0 Å². The van der Waals surface area contributed by atoms with Gasteiger partial charge in [0.2, 0.25) is 0 Å². The maximum atomic E-state index is 8.11. The van der Waals surface area contributed by atoms with Gasteiger partial charge in [-0.2, -0.15) is 5.26 Å². The Balaban J connectivity index is 2.85. The van der Waals surface area contributed by atoms with Crippen LogP contribution in [0.25, 0.3) is 0 Å². The molecule has 0 bridgehead atoms. The van der Waals surface area contributed by atoms with Crippen molar-refractivity contribution in [1.29, 1.82) is 5.26 Å². The minimum absolute atomic E-state index is 0.679. The van der Waals surface area contributed by atoms with Crippen LogP contribution in [-0.2, 0) is 0 Å². The van der Waals surface area contributed by atoms with E-state index in [1.165, 1.54) is 0 Å². The molecule has 2 nitrogen and oxygen atoms in total. The summed E-state index contributed by atoms with van der Waals surface area (Å²) in [6.07, 6.45) is 1.67. The van der Waals surface area contributed by atoms with Crippen molar-refractivity contribution < 1.29 is 0 Å². The lowest BCUT2D eigenvalue weighted by Gasteiger charge is -2.05. The highest BCUT2D eigenvalue weighted by atomic mass is 15.0. The van der Waals surface area contributed by atoms with Crippen LogP contribution < -0.4 is 0 Å². The van der Waals surface area contributed by atoms with Crippen LogP contribution in [0.1, 0.15) is 12.8 Å². The van der Waals surface area contributed by atoms with Gasteiger partial charge >= 0.3 is 0 Å². The van der Waals surface area contributed by atoms with Gasteiger partial charge in [-0.05, 0) is 27.1 Å². The quantitative estimate of drug-likeness (QED) is 0.401. The molecule has 0 atom stereocenters. The zero-order valence-corrected chi connectivity index (χ0v) is 5.52. The van der Waals surface area contributed by atoms with Crippen LogP contribution in [0, 0.1) is 11.3 Å². The first kappa shape index (κ1) is 7.45. The molecule has 0 aliphatic carbocycles. The number of nitriles is 1. The van der Waals surface area contributed by atoms with Gasteiger partial charge in [-0.1, -0.05) is 0 Å². The van der Waals surface area contributed by atoms with Crippen LogP contribution in [0.4, 0.5) is 0 Å². The molecule has 0 aliphatic rings. The smallest absolute Gasteiger partial charge is 0.0622 e. The number of hydrogen-bond donors (Lipinski definition) is 0. The van der Waals surface area contributed by atoms with Crippen LogP contribution in [0.15, 0.2) is 0 Å². The minimum atomic E-state index is 0.679. The molecule has 0 N–H and O–H groups in total. The van der Waals surface area contributed by atoms with E-state index in [1.54, 1.807) is 0 Å². The third-order valence-electron chi connectivity index (χ3n) is 0.894. The third kappa shape index (κ3) is 5.45. The zero-order valence-electron chi connectivity index (χ0n) is 5.52. The van der Waals surface area contributed by atoms with E-state index in [2.05, 4.69) is 11.0 Å². The van der Waals surface area contributed by atoms with E-state index in [-0.39, 0.29) is 0 Å². The van der Waals surface area contributed by atoms with Gasteiger partial charge in [0, 0.05) is 6.42 Å². The Morgan fingerprint density at radius 1 is 1.50 bits per heavy atom. The molecule has 8 heavy (non-hydrogen) atoms. The molecule has 0 spiro atoms. The van der Waals surface area contributed by atoms with Crippen molar-refractivity contribution in [2.75, 3.05) is 20.6 Å². The van der Waals surface area contributed by atoms with Crippen LogP contribution in [0.2, 0.25) is 0 Å². The van der Waals surface area contributed by atoms with Crippen molar-refractivity contribution in [2.24, 2.45) is 0 Å². The van der Waals surface area contributed by atoms with Crippen molar-refractivity contribution in [2.45, 2.75) is 12.8 Å². The Bertz CT molecular complexity index is 81.0. The highest BCUT2D eigenvalue weighted by Gasteiger charge is 1.86. The van der Waals surface area contributed by atoms with E-state index in [9.17, 15) is 0 Å². The standard InChI is InChI=1S/C6H12N2/c1-8(2)6-4-3-5-7/h3-4,6H2,1-2H3/i5+1. The van der Waals surface area contributed by atoms with Gasteiger partial charge < -0.3 is 4.90 Å². The normalized spacial score (nSPS) is 9.25. The van der Waals surface area contributed by atoms with Gasteiger partial charge in [0.1, 0.15) is 0 Å². The van der Waals surface area contributed by atoms with Crippen molar-refractivity contribution in [3.63, 3.8) is 0 Å². The molecule has 2 heteroatoms. The van der Waals surface area contributed by atoms with E-state index < -0.39 is 0 Å². The Morgan fingerprint density at radius 3 is 2.50 bits per heavy atom. The summed E-state index contributed by atoms with van der Waals surface area (Å²) in [5.74, 6) is 0. The largest absolute Gasteiger partial charge is 0.309 e. The summed E-state index contributed by atoms with van der Waals surface area (Å²) >= 11 is 0. The predicted molar refractivity (Wildman–Crippen MR) is 33.4 cm³/mol. The van der Waals surface area contributed by atoms with Gasteiger partial charge in [-0.15, -0.1) is 0 Å². The molecule has 0 aliphatic heterocycles. The second-order valence-electron chi connectivity index (χ2n) is 2.06. The molecule has 0 radical (unpaired) electrons. The van der Waals surface area contributed by atoms with Gasteiger partial charge in [0.15, 0.2) is 0 Å². The van der Waals surface area contributed by atoms with Crippen molar-refractivity contribution in [3.05, 3.63) is 0 Å². The second kappa shape index (κ2) is 4.61. The Kier molecular flexibility index (Phi) is 4.29. The fraction of sp³-hybridized carbons (Fsp3) is 0.833. The third-order valence-corrected chi connectivity index (χ3v) is 0.894. The van der Waals surface area contributed by atoms with Crippen LogP contribution in [0.3, 0.4) is 0 Å². The molecule has 0 aromatic rings. The molecule has 0 unspecified atom stereocenters. The monoisotopic (exact) mass is 113 g/mol. The van der Waals surface area contributed by atoms with Gasteiger partial charge in [0.05, 0.1) is 6.07 Å². The number of hydrogen-bond acceptors (Lipinski definition) is 2. The summed E-state index contributed by atoms with van der Waals surface area (Å²) < 4.78 is 0. The number of nitrogens with zero attached hydrogens (tertiary/aromatic N) is 2.